The maximum atomic E-state index is 14.0. The van der Waals surface area contributed by atoms with Crippen LogP contribution in [0.2, 0.25) is 0 Å². The maximum absolute atomic E-state index is 14.0. The fourth-order valence-electron chi connectivity index (χ4n) is 4.62. The highest BCUT2D eigenvalue weighted by Crippen LogP contribution is 2.48. The number of hydrogen-bond acceptors (Lipinski definition) is 7. The molecule has 1 aliphatic heterocycles. The molecule has 0 spiro atoms. The number of carbonyl (C=O) groups excluding carboxylic acids is 3. The van der Waals surface area contributed by atoms with E-state index in [2.05, 4.69) is 4.98 Å². The molecule has 1 unspecified atom stereocenters. The van der Waals surface area contributed by atoms with Crippen LogP contribution < -0.4 is 10.6 Å². The number of thiazole rings is 1. The molecular weight excluding hydrogens is 416 g/mol. The van der Waals surface area contributed by atoms with Crippen LogP contribution in [0.5, 0.6) is 0 Å². The zero-order chi connectivity index (χ0) is 22.1. The van der Waals surface area contributed by atoms with Crippen LogP contribution >= 0.6 is 11.3 Å². The second-order valence-electron chi connectivity index (χ2n) is 9.41. The molecule has 2 aliphatic carbocycles. The van der Waals surface area contributed by atoms with Crippen molar-refractivity contribution in [1.29, 1.82) is 0 Å². The van der Waals surface area contributed by atoms with E-state index in [1.54, 1.807) is 16.5 Å². The van der Waals surface area contributed by atoms with E-state index in [-0.39, 0.29) is 23.4 Å². The van der Waals surface area contributed by atoms with E-state index < -0.39 is 22.8 Å². The molecule has 3 aliphatic rings. The van der Waals surface area contributed by atoms with Crippen LogP contribution in [0.1, 0.15) is 58.3 Å². The quantitative estimate of drug-likeness (QED) is 0.670. The Labute approximate surface area is 187 Å². The average molecular weight is 449 g/mol. The van der Waals surface area contributed by atoms with Crippen molar-refractivity contribution in [2.45, 2.75) is 63.8 Å². The van der Waals surface area contributed by atoms with Crippen LogP contribution in [0.25, 0.3) is 0 Å². The van der Waals surface area contributed by atoms with Gasteiger partial charge in [0.05, 0.1) is 13.2 Å². The van der Waals surface area contributed by atoms with Crippen LogP contribution in [-0.2, 0) is 19.1 Å². The predicted molar refractivity (Wildman–Crippen MR) is 117 cm³/mol. The number of aromatic nitrogens is 1. The third-order valence-electron chi connectivity index (χ3n) is 6.93. The number of anilines is 1. The van der Waals surface area contributed by atoms with Crippen molar-refractivity contribution in [3.05, 3.63) is 11.6 Å². The molecule has 170 valence electrons. The number of amides is 3. The first-order chi connectivity index (χ1) is 14.8. The van der Waals surface area contributed by atoms with Gasteiger partial charge >= 0.3 is 0 Å². The molecule has 3 amide bonds. The van der Waals surface area contributed by atoms with Crippen molar-refractivity contribution >= 4 is 34.2 Å². The van der Waals surface area contributed by atoms with E-state index in [1.165, 1.54) is 17.8 Å². The summed E-state index contributed by atoms with van der Waals surface area (Å²) in [5, 5.41) is 2.01. The Kier molecular flexibility index (Phi) is 6.46. The Hall–Kier alpha value is -1.84. The molecule has 4 rings (SSSR count). The maximum Gasteiger partial charge on any atom is 0.265 e. The van der Waals surface area contributed by atoms with Crippen LogP contribution in [0.4, 0.5) is 5.13 Å². The molecule has 9 heteroatoms. The zero-order valence-electron chi connectivity index (χ0n) is 18.2. The van der Waals surface area contributed by atoms with Gasteiger partial charge in [-0.05, 0) is 25.2 Å². The molecule has 1 atom stereocenters. The highest BCUT2D eigenvalue weighted by Gasteiger charge is 2.55. The van der Waals surface area contributed by atoms with Gasteiger partial charge in [-0.1, -0.05) is 39.0 Å². The second-order valence-corrected chi connectivity index (χ2v) is 10.3. The second kappa shape index (κ2) is 8.96. The summed E-state index contributed by atoms with van der Waals surface area (Å²) in [6.45, 7) is 3.50. The first-order valence-electron chi connectivity index (χ1n) is 11.3. The Morgan fingerprint density at radius 1 is 1.26 bits per heavy atom. The van der Waals surface area contributed by atoms with E-state index in [9.17, 15) is 14.4 Å². The predicted octanol–water partition coefficient (Wildman–Crippen LogP) is 2.33. The van der Waals surface area contributed by atoms with Gasteiger partial charge < -0.3 is 15.4 Å². The highest BCUT2D eigenvalue weighted by atomic mass is 32.1. The Balaban J connectivity index is 1.68. The molecule has 0 bridgehead atoms. The van der Waals surface area contributed by atoms with Gasteiger partial charge in [-0.15, -0.1) is 11.3 Å². The van der Waals surface area contributed by atoms with Gasteiger partial charge in [-0.25, -0.2) is 9.88 Å². The third-order valence-corrected chi connectivity index (χ3v) is 7.69. The fraction of sp³-hybridized carbons (Fsp3) is 0.727. The fourth-order valence-corrected chi connectivity index (χ4v) is 5.26. The molecule has 1 aromatic heterocycles. The van der Waals surface area contributed by atoms with E-state index in [1.807, 2.05) is 6.92 Å². The number of morpholine rings is 1. The number of rotatable bonds is 6. The van der Waals surface area contributed by atoms with E-state index >= 15 is 0 Å². The SMILES string of the molecule is CC1(C(=O)N(C(=O)C(N)(CC2CCCCC2)C(=O)N2CCOCC2)c2nccs2)CC1. The van der Waals surface area contributed by atoms with Crippen molar-refractivity contribution in [3.8, 4) is 0 Å². The van der Waals surface area contributed by atoms with Gasteiger partial charge in [0.25, 0.3) is 11.8 Å². The smallest absolute Gasteiger partial charge is 0.265 e. The lowest BCUT2D eigenvalue weighted by atomic mass is 9.78. The first kappa shape index (κ1) is 22.4. The molecule has 2 N–H and O–H groups in total. The highest BCUT2D eigenvalue weighted by molar-refractivity contribution is 7.14. The minimum atomic E-state index is -1.79. The summed E-state index contributed by atoms with van der Waals surface area (Å²) in [4.78, 5) is 48.0. The molecule has 2 saturated carbocycles. The summed E-state index contributed by atoms with van der Waals surface area (Å²) in [6, 6.07) is 0. The number of carbonyl (C=O) groups is 3. The lowest BCUT2D eigenvalue weighted by molar-refractivity contribution is -0.148. The Morgan fingerprint density at radius 3 is 2.52 bits per heavy atom. The van der Waals surface area contributed by atoms with Crippen molar-refractivity contribution in [2.24, 2.45) is 17.1 Å². The van der Waals surface area contributed by atoms with E-state index in [0.717, 1.165) is 43.4 Å². The topological polar surface area (TPSA) is 106 Å². The number of hydrogen-bond donors (Lipinski definition) is 1. The zero-order valence-corrected chi connectivity index (χ0v) is 19.0. The molecule has 2 heterocycles. The summed E-state index contributed by atoms with van der Waals surface area (Å²) in [7, 11) is 0. The summed E-state index contributed by atoms with van der Waals surface area (Å²) in [5.74, 6) is -1.15. The van der Waals surface area contributed by atoms with E-state index in [0.29, 0.717) is 26.3 Å². The number of nitrogens with two attached hydrogens (primary N) is 1. The standard InChI is InChI=1S/C22H32N4O4S/c1-21(7-8-21)17(27)26(20-24-9-14-31-20)19(29)22(23,15-16-5-3-2-4-6-16)18(28)25-10-12-30-13-11-25/h9,14,16H,2-8,10-13,15,23H2,1H3. The summed E-state index contributed by atoms with van der Waals surface area (Å²) < 4.78 is 5.38. The van der Waals surface area contributed by atoms with E-state index in [4.69, 9.17) is 10.5 Å². The summed E-state index contributed by atoms with van der Waals surface area (Å²) in [5.41, 5.74) is 4.38. The van der Waals surface area contributed by atoms with Crippen LogP contribution in [-0.4, -0.2) is 59.4 Å². The number of nitrogens with zero attached hydrogens (tertiary/aromatic N) is 3. The largest absolute Gasteiger partial charge is 0.378 e. The van der Waals surface area contributed by atoms with Gasteiger partial charge in [-0.2, -0.15) is 0 Å². The van der Waals surface area contributed by atoms with Crippen LogP contribution in [0.15, 0.2) is 11.6 Å². The van der Waals surface area contributed by atoms with Crippen molar-refractivity contribution in [2.75, 3.05) is 31.2 Å². The van der Waals surface area contributed by atoms with Crippen LogP contribution in [0, 0.1) is 11.3 Å². The normalized spacial score (nSPS) is 23.1. The van der Waals surface area contributed by atoms with Gasteiger partial charge in [0.2, 0.25) is 5.91 Å². The minimum absolute atomic E-state index is 0.192. The lowest BCUT2D eigenvalue weighted by Gasteiger charge is -2.39. The van der Waals surface area contributed by atoms with Gasteiger partial charge in [0, 0.05) is 30.1 Å². The average Bonchev–Trinajstić information content (AvgIpc) is 3.32. The summed E-state index contributed by atoms with van der Waals surface area (Å²) in [6.07, 6.45) is 8.48. The Morgan fingerprint density at radius 2 is 1.94 bits per heavy atom. The summed E-state index contributed by atoms with van der Waals surface area (Å²) >= 11 is 1.21. The minimum Gasteiger partial charge on any atom is -0.378 e. The Bertz CT molecular complexity index is 813. The van der Waals surface area contributed by atoms with Crippen molar-refractivity contribution in [3.63, 3.8) is 0 Å². The molecule has 31 heavy (non-hydrogen) atoms. The molecule has 1 aromatic rings. The molecule has 8 nitrogen and oxygen atoms in total. The third kappa shape index (κ3) is 4.54. The molecule has 3 fully saturated rings. The molecule has 1 saturated heterocycles. The van der Waals surface area contributed by atoms with Crippen molar-refractivity contribution < 1.29 is 19.1 Å². The number of imide groups is 1. The van der Waals surface area contributed by atoms with Gasteiger partial charge in [-0.3, -0.25) is 14.4 Å². The molecule has 0 aromatic carbocycles. The van der Waals surface area contributed by atoms with Crippen LogP contribution in [0.3, 0.4) is 0 Å². The first-order valence-corrected chi connectivity index (χ1v) is 12.2. The molecular formula is C22H32N4O4S. The monoisotopic (exact) mass is 448 g/mol. The molecule has 0 radical (unpaired) electrons. The lowest BCUT2D eigenvalue weighted by Crippen LogP contribution is -2.67. The van der Waals surface area contributed by atoms with Crippen molar-refractivity contribution in [1.82, 2.24) is 9.88 Å². The number of ether oxygens (including phenoxy) is 1. The van der Waals surface area contributed by atoms with Gasteiger partial charge in [0.1, 0.15) is 0 Å². The van der Waals surface area contributed by atoms with Gasteiger partial charge in [0.15, 0.2) is 10.7 Å².